The average molecular weight is 479 g/mol. The van der Waals surface area contributed by atoms with Crippen LogP contribution in [0, 0.1) is 7.05 Å². The van der Waals surface area contributed by atoms with Crippen molar-refractivity contribution in [1.82, 2.24) is 10.1 Å². The minimum Gasteiger partial charge on any atom is -0.456 e. The summed E-state index contributed by atoms with van der Waals surface area (Å²) in [5.41, 5.74) is 3.57. The van der Waals surface area contributed by atoms with E-state index in [1.165, 1.54) is 6.07 Å². The van der Waals surface area contributed by atoms with Crippen LogP contribution in [-0.2, 0) is 21.2 Å². The maximum Gasteiger partial charge on any atom is 0.340 e. The Kier molecular flexibility index (Phi) is 6.55. The number of carbonyl (C=O) groups is 2. The van der Waals surface area contributed by atoms with Crippen LogP contribution in [0.2, 0.25) is 5.02 Å². The molecule has 0 spiro atoms. The van der Waals surface area contributed by atoms with Crippen molar-refractivity contribution in [3.63, 3.8) is 0 Å². The van der Waals surface area contributed by atoms with Gasteiger partial charge in [0.15, 0.2) is 0 Å². The number of anilines is 1. The summed E-state index contributed by atoms with van der Waals surface area (Å²) in [6, 6.07) is 9.96. The molecule has 1 atom stereocenters. The second-order valence-corrected chi connectivity index (χ2v) is 10.6. The molecule has 0 aromatic heterocycles. The number of ether oxygens (including phenoxy) is 1. The van der Waals surface area contributed by atoms with Gasteiger partial charge in [-0.05, 0) is 57.9 Å². The van der Waals surface area contributed by atoms with Crippen LogP contribution in [0.3, 0.4) is 0 Å². The summed E-state index contributed by atoms with van der Waals surface area (Å²) in [7, 11) is -0.986. The van der Waals surface area contributed by atoms with Crippen LogP contribution >= 0.6 is 11.6 Å². The molecule has 0 aliphatic carbocycles. The number of benzene rings is 2. The summed E-state index contributed by atoms with van der Waals surface area (Å²) in [5.74, 6) is -1.45. The van der Waals surface area contributed by atoms with Gasteiger partial charge in [-0.25, -0.2) is 17.9 Å². The minimum absolute atomic E-state index is 0.0151. The van der Waals surface area contributed by atoms with Crippen molar-refractivity contribution in [2.45, 2.75) is 50.7 Å². The van der Waals surface area contributed by atoms with E-state index in [0.29, 0.717) is 0 Å². The molecule has 8 nitrogen and oxygen atoms in total. The number of hydrazine groups is 1. The van der Waals surface area contributed by atoms with Crippen molar-refractivity contribution in [3.8, 4) is 0 Å². The quantitative estimate of drug-likeness (QED) is 0.637. The van der Waals surface area contributed by atoms with Gasteiger partial charge >= 0.3 is 5.97 Å². The molecule has 3 rings (SSSR count). The fourth-order valence-corrected chi connectivity index (χ4v) is 4.67. The van der Waals surface area contributed by atoms with E-state index in [0.717, 1.165) is 23.7 Å². The summed E-state index contributed by atoms with van der Waals surface area (Å²) in [6.07, 6.45) is 0.741. The lowest BCUT2D eigenvalue weighted by molar-refractivity contribution is 0.00694. The number of amides is 1. The number of nitrogens with one attached hydrogen (secondary N) is 2. The van der Waals surface area contributed by atoms with E-state index < -0.39 is 32.4 Å². The van der Waals surface area contributed by atoms with Gasteiger partial charge in [-0.2, -0.15) is 0 Å². The maximum absolute atomic E-state index is 13.1. The van der Waals surface area contributed by atoms with E-state index in [2.05, 4.69) is 12.5 Å². The first-order chi connectivity index (χ1) is 14.8. The van der Waals surface area contributed by atoms with Gasteiger partial charge in [-0.15, -0.1) is 0 Å². The van der Waals surface area contributed by atoms with Gasteiger partial charge in [0.2, 0.25) is 10.0 Å². The third-order valence-corrected chi connectivity index (χ3v) is 6.63. The SMILES string of the molecule is [CH2]NS(=O)(=O)c1cc(C(=O)NN2c3ccccc3CC2C)cc(C(=O)OC(C)(C)C)c1Cl. The largest absolute Gasteiger partial charge is 0.456 e. The number of halogens is 1. The molecule has 0 bridgehead atoms. The Morgan fingerprint density at radius 2 is 1.88 bits per heavy atom. The van der Waals surface area contributed by atoms with Crippen LogP contribution in [0.4, 0.5) is 5.69 Å². The maximum atomic E-state index is 13.1. The van der Waals surface area contributed by atoms with E-state index in [1.807, 2.05) is 35.9 Å². The van der Waals surface area contributed by atoms with Gasteiger partial charge in [0, 0.05) is 12.6 Å². The predicted molar refractivity (Wildman–Crippen MR) is 122 cm³/mol. The number of fused-ring (bicyclic) bond motifs is 1. The Bertz CT molecular complexity index is 1170. The topological polar surface area (TPSA) is 105 Å². The molecule has 1 radical (unpaired) electrons. The van der Waals surface area contributed by atoms with Gasteiger partial charge in [0.25, 0.3) is 5.91 Å². The molecule has 0 saturated heterocycles. The zero-order chi connectivity index (χ0) is 23.8. The molecule has 2 N–H and O–H groups in total. The fourth-order valence-electron chi connectivity index (χ4n) is 3.39. The molecular formula is C22H25ClN3O5S. The molecule has 1 unspecified atom stereocenters. The lowest BCUT2D eigenvalue weighted by atomic mass is 10.1. The van der Waals surface area contributed by atoms with Crippen LogP contribution in [-0.4, -0.2) is 31.9 Å². The predicted octanol–water partition coefficient (Wildman–Crippen LogP) is 3.46. The van der Waals surface area contributed by atoms with E-state index in [-0.39, 0.29) is 22.2 Å². The van der Waals surface area contributed by atoms with Gasteiger partial charge < -0.3 is 4.74 Å². The second-order valence-electron chi connectivity index (χ2n) is 8.48. The lowest BCUT2D eigenvalue weighted by Crippen LogP contribution is -2.45. The first kappa shape index (κ1) is 24.0. The van der Waals surface area contributed by atoms with E-state index in [4.69, 9.17) is 16.3 Å². The highest BCUT2D eigenvalue weighted by Crippen LogP contribution is 2.32. The van der Waals surface area contributed by atoms with Crippen molar-refractivity contribution in [1.29, 1.82) is 0 Å². The van der Waals surface area contributed by atoms with Crippen molar-refractivity contribution >= 4 is 39.2 Å². The molecule has 2 aromatic rings. The number of carbonyl (C=O) groups excluding carboxylic acids is 2. The van der Waals surface area contributed by atoms with Crippen LogP contribution in [0.5, 0.6) is 0 Å². The highest BCUT2D eigenvalue weighted by atomic mass is 35.5. The van der Waals surface area contributed by atoms with Crippen LogP contribution in [0.15, 0.2) is 41.3 Å². The van der Waals surface area contributed by atoms with Crippen molar-refractivity contribution in [2.24, 2.45) is 0 Å². The number of hydrogen-bond donors (Lipinski definition) is 2. The number of hydrogen-bond acceptors (Lipinski definition) is 6. The van der Waals surface area contributed by atoms with Crippen molar-refractivity contribution in [2.75, 3.05) is 5.01 Å². The Balaban J connectivity index is 2.04. The Morgan fingerprint density at radius 3 is 2.50 bits per heavy atom. The fraction of sp³-hybridized carbons (Fsp3) is 0.318. The van der Waals surface area contributed by atoms with E-state index in [9.17, 15) is 18.0 Å². The van der Waals surface area contributed by atoms with E-state index >= 15 is 0 Å². The zero-order valence-corrected chi connectivity index (χ0v) is 19.8. The average Bonchev–Trinajstić information content (AvgIpc) is 3.01. The molecule has 1 aliphatic heterocycles. The Labute approximate surface area is 192 Å². The smallest absolute Gasteiger partial charge is 0.340 e. The normalized spacial score (nSPS) is 15.9. The molecule has 2 aromatic carbocycles. The molecule has 0 saturated carbocycles. The van der Waals surface area contributed by atoms with Crippen molar-refractivity contribution in [3.05, 3.63) is 65.2 Å². The highest BCUT2D eigenvalue weighted by molar-refractivity contribution is 7.89. The third-order valence-electron chi connectivity index (χ3n) is 4.83. The number of rotatable bonds is 5. The number of para-hydroxylation sites is 1. The van der Waals surface area contributed by atoms with Gasteiger partial charge in [0.1, 0.15) is 10.5 Å². The first-order valence-corrected chi connectivity index (χ1v) is 11.7. The van der Waals surface area contributed by atoms with E-state index in [1.54, 1.807) is 25.8 Å². The molecule has 10 heteroatoms. The second kappa shape index (κ2) is 8.73. The lowest BCUT2D eigenvalue weighted by Gasteiger charge is -2.26. The summed E-state index contributed by atoms with van der Waals surface area (Å²) in [6.45, 7) is 6.95. The Hall–Kier alpha value is -2.62. The molecule has 0 fully saturated rings. The number of nitrogens with zero attached hydrogens (tertiary/aromatic N) is 1. The summed E-state index contributed by atoms with van der Waals surface area (Å²) >= 11 is 6.24. The Morgan fingerprint density at radius 1 is 1.22 bits per heavy atom. The summed E-state index contributed by atoms with van der Waals surface area (Å²) < 4.78 is 32.2. The zero-order valence-electron chi connectivity index (χ0n) is 18.2. The minimum atomic E-state index is -4.17. The van der Waals surface area contributed by atoms with Crippen LogP contribution < -0.4 is 15.2 Å². The summed E-state index contributed by atoms with van der Waals surface area (Å²) in [5, 5.41) is 1.36. The monoisotopic (exact) mass is 478 g/mol. The van der Waals surface area contributed by atoms with Crippen molar-refractivity contribution < 1.29 is 22.7 Å². The first-order valence-electron chi connectivity index (χ1n) is 9.88. The molecule has 1 aliphatic rings. The van der Waals surface area contributed by atoms with Gasteiger partial charge in [0.05, 0.1) is 22.3 Å². The van der Waals surface area contributed by atoms with Crippen LogP contribution in [0.1, 0.15) is 54.0 Å². The van der Waals surface area contributed by atoms with Crippen LogP contribution in [0.25, 0.3) is 0 Å². The molecular weight excluding hydrogens is 454 g/mol. The molecule has 1 amide bonds. The standard InChI is InChI=1S/C22H25ClN3O5S/c1-13-10-14-8-6-7-9-17(14)26(13)25-20(27)15-11-16(21(28)31-22(2,3)4)19(23)18(12-15)32(29,30)24-5/h6-9,11-13,24H,5,10H2,1-4H3,(H,25,27). The number of sulfonamides is 1. The highest BCUT2D eigenvalue weighted by Gasteiger charge is 2.30. The third kappa shape index (κ3) is 4.90. The van der Waals surface area contributed by atoms with Gasteiger partial charge in [-0.3, -0.25) is 15.2 Å². The number of esters is 1. The summed E-state index contributed by atoms with van der Waals surface area (Å²) in [4.78, 5) is 25.4. The molecule has 32 heavy (non-hydrogen) atoms. The molecule has 1 heterocycles. The van der Waals surface area contributed by atoms with Gasteiger partial charge in [-0.1, -0.05) is 29.8 Å². The molecule has 171 valence electrons.